The summed E-state index contributed by atoms with van der Waals surface area (Å²) >= 11 is 0. The molecule has 0 radical (unpaired) electrons. The van der Waals surface area contributed by atoms with Crippen LogP contribution in [0, 0.1) is 0 Å². The molecule has 0 rings (SSSR count). The molecule has 1 unspecified atom stereocenters. The molecule has 3 N–H and O–H groups in total. The van der Waals surface area contributed by atoms with E-state index >= 15 is 0 Å². The lowest BCUT2D eigenvalue weighted by atomic mass is 11.8. The molecule has 17 heteroatoms. The Morgan fingerprint density at radius 1 is 0.857 bits per heavy atom. The normalized spacial score (nSPS) is 16.1. The zero-order chi connectivity index (χ0) is 17.7. The van der Waals surface area contributed by atoms with Crippen molar-refractivity contribution in [2.24, 2.45) is 0 Å². The van der Waals surface area contributed by atoms with Crippen molar-refractivity contribution in [3.63, 3.8) is 0 Å². The summed E-state index contributed by atoms with van der Waals surface area (Å²) in [5, 5.41) is 0. The van der Waals surface area contributed by atoms with E-state index in [1.807, 2.05) is 6.55 Å². The molecular formula is C4H24O9Si8. The molecule has 0 spiro atoms. The highest BCUT2D eigenvalue weighted by Crippen LogP contribution is 1.95. The zero-order valence-electron chi connectivity index (χ0n) is 13.0. The molecule has 21 heavy (non-hydrogen) atoms. The Morgan fingerprint density at radius 3 is 1.19 bits per heavy atom. The third-order valence-corrected chi connectivity index (χ3v) is 19.4. The van der Waals surface area contributed by atoms with Gasteiger partial charge in [-0.2, -0.15) is 0 Å². The van der Waals surface area contributed by atoms with Crippen molar-refractivity contribution in [1.29, 1.82) is 0 Å². The van der Waals surface area contributed by atoms with Gasteiger partial charge in [-0.1, -0.05) is 0 Å². The highest BCUT2D eigenvalue weighted by molar-refractivity contribution is 7.13. The second-order valence-corrected chi connectivity index (χ2v) is 26.6. The number of rotatable bonds is 6. The largest absolute Gasteiger partial charge is 0.443 e. The van der Waals surface area contributed by atoms with E-state index in [9.17, 15) is 13.4 Å². The molecule has 0 aliphatic heterocycles. The van der Waals surface area contributed by atoms with Crippen LogP contribution in [0.4, 0.5) is 0 Å². The summed E-state index contributed by atoms with van der Waals surface area (Å²) in [5.74, 6) is 0. The molecule has 0 bridgehead atoms. The molecule has 1 atom stereocenters. The molecule has 126 valence electrons. The van der Waals surface area contributed by atoms with Gasteiger partial charge < -0.3 is 40.4 Å². The molecule has 0 saturated carbocycles. The van der Waals surface area contributed by atoms with Gasteiger partial charge in [0, 0.05) is 7.11 Å². The maximum absolute atomic E-state index is 10.4. The molecular weight excluding hydrogens is 417 g/mol. The van der Waals surface area contributed by atoms with Gasteiger partial charge in [-0.25, -0.2) is 0 Å². The lowest BCUT2D eigenvalue weighted by Gasteiger charge is -2.15. The molecule has 0 saturated heterocycles. The van der Waals surface area contributed by atoms with Crippen LogP contribution in [-0.2, 0) is 26.0 Å². The molecule has 0 aliphatic rings. The van der Waals surface area contributed by atoms with E-state index in [0.29, 0.717) is 21.0 Å². The molecule has 0 heterocycles. The maximum Gasteiger partial charge on any atom is 0.375 e. The summed E-state index contributed by atoms with van der Waals surface area (Å²) in [7, 11) is -8.36. The first kappa shape index (κ1) is 26.8. The fourth-order valence-corrected chi connectivity index (χ4v) is 5.28. The van der Waals surface area contributed by atoms with Gasteiger partial charge in [0.05, 0.1) is 0 Å². The quantitative estimate of drug-likeness (QED) is 0.344. The Balaban J connectivity index is -0.000000234. The van der Waals surface area contributed by atoms with Crippen LogP contribution in [0.15, 0.2) is 0 Å². The highest BCUT2D eigenvalue weighted by Gasteiger charge is 2.26. The molecule has 0 amide bonds. The minimum absolute atomic E-state index is 0.646. The molecule has 0 aromatic rings. The van der Waals surface area contributed by atoms with Gasteiger partial charge in [-0.05, 0) is 19.6 Å². The van der Waals surface area contributed by atoms with Crippen LogP contribution in [-0.4, -0.2) is 93.5 Å². The summed E-state index contributed by atoms with van der Waals surface area (Å²) in [4.78, 5) is 25.3. The molecule has 0 aliphatic carbocycles. The van der Waals surface area contributed by atoms with E-state index in [4.69, 9.17) is 22.6 Å². The molecule has 0 aromatic carbocycles. The van der Waals surface area contributed by atoms with Gasteiger partial charge in [0.15, 0.2) is 0 Å². The first-order valence-electron chi connectivity index (χ1n) is 5.58. The topological polar surface area (TPSA) is 140 Å². The Bertz CT molecular complexity index is 301. The summed E-state index contributed by atoms with van der Waals surface area (Å²) in [6, 6.07) is 0. The average Bonchev–Trinajstić information content (AvgIpc) is 2.47. The standard InChI is InChI=1S/C2H8O3Si2.CH10O3Si4.CH6O3Si2/c1-5-7(2,4)6-3;1-8(3-5,4-6)7-2;1-6(3,4)5-2/h4,6H,1-2H3;7H,1,5-6H3;3-5H,1H3. The van der Waals surface area contributed by atoms with Crippen molar-refractivity contribution in [1.82, 2.24) is 0 Å². The van der Waals surface area contributed by atoms with Crippen LogP contribution in [0.5, 0.6) is 0 Å². The first-order valence-corrected chi connectivity index (χ1v) is 21.1. The van der Waals surface area contributed by atoms with Crippen LogP contribution >= 0.6 is 0 Å². The second kappa shape index (κ2) is 13.3. The molecule has 9 nitrogen and oxygen atoms in total. The van der Waals surface area contributed by atoms with E-state index in [1.165, 1.54) is 20.2 Å². The maximum atomic E-state index is 10.4. The van der Waals surface area contributed by atoms with Crippen molar-refractivity contribution in [2.45, 2.75) is 19.6 Å². The van der Waals surface area contributed by atoms with Gasteiger partial charge in [-0.15, -0.1) is 0 Å². The molecule has 0 fully saturated rings. The van der Waals surface area contributed by atoms with Gasteiger partial charge in [-0.3, -0.25) is 0 Å². The van der Waals surface area contributed by atoms with Crippen molar-refractivity contribution >= 4 is 72.0 Å². The van der Waals surface area contributed by atoms with E-state index in [0.717, 1.165) is 0 Å². The Labute approximate surface area is 139 Å². The van der Waals surface area contributed by atoms with Crippen LogP contribution in [0.1, 0.15) is 0 Å². The van der Waals surface area contributed by atoms with E-state index in [2.05, 4.69) is 4.43 Å². The van der Waals surface area contributed by atoms with Crippen LogP contribution in [0.3, 0.4) is 0 Å². The fourth-order valence-electron chi connectivity index (χ4n) is 0.228. The van der Waals surface area contributed by atoms with E-state index in [1.54, 1.807) is 0 Å². The SMILES string of the molecule is CO[Si](C)(O)[SiH]=O.C[Si](O)(O)[SiH]=O.C[Si](O[SiH3])(O[SiH3])[SiH]=O. The van der Waals surface area contributed by atoms with Crippen molar-refractivity contribution in [3.05, 3.63) is 0 Å². The summed E-state index contributed by atoms with van der Waals surface area (Å²) in [6.07, 6.45) is 0. The van der Waals surface area contributed by atoms with Gasteiger partial charge in [0.1, 0.15) is 21.0 Å². The smallest absolute Gasteiger partial charge is 0.375 e. The van der Waals surface area contributed by atoms with E-state index in [-0.39, 0.29) is 0 Å². The number of hydrogen-bond donors (Lipinski definition) is 3. The summed E-state index contributed by atoms with van der Waals surface area (Å²) < 4.78 is 44.5. The Morgan fingerprint density at radius 2 is 1.19 bits per heavy atom. The highest BCUT2D eigenvalue weighted by atomic mass is 29.2. The lowest BCUT2D eigenvalue weighted by molar-refractivity contribution is 0.318. The van der Waals surface area contributed by atoms with Crippen molar-refractivity contribution < 1.29 is 40.4 Å². The monoisotopic (exact) mass is 440 g/mol. The fraction of sp³-hybridized carbons (Fsp3) is 1.00. The van der Waals surface area contributed by atoms with Crippen LogP contribution in [0.2, 0.25) is 19.6 Å². The van der Waals surface area contributed by atoms with Crippen LogP contribution < -0.4 is 0 Å². The first-order chi connectivity index (χ1) is 9.36. The minimum atomic E-state index is -3.10. The minimum Gasteiger partial charge on any atom is -0.443 e. The van der Waals surface area contributed by atoms with Gasteiger partial charge in [0.2, 0.25) is 0 Å². The zero-order valence-corrected chi connectivity index (χ0v) is 23.5. The van der Waals surface area contributed by atoms with Crippen LogP contribution in [0.25, 0.3) is 0 Å². The summed E-state index contributed by atoms with van der Waals surface area (Å²) in [5.41, 5.74) is 0. The lowest BCUT2D eigenvalue weighted by Crippen LogP contribution is -2.40. The number of hydrogen-bond acceptors (Lipinski definition) is 9. The van der Waals surface area contributed by atoms with Crippen molar-refractivity contribution in [3.8, 4) is 0 Å². The third kappa shape index (κ3) is 20.9. The average molecular weight is 441 g/mol. The van der Waals surface area contributed by atoms with Crippen molar-refractivity contribution in [2.75, 3.05) is 7.11 Å². The van der Waals surface area contributed by atoms with E-state index < -0.39 is 51.0 Å². The molecule has 0 aromatic heterocycles. The van der Waals surface area contributed by atoms with Gasteiger partial charge in [0.25, 0.3) is 0 Å². The summed E-state index contributed by atoms with van der Waals surface area (Å²) in [6.45, 7) is 4.56. The second-order valence-electron chi connectivity index (χ2n) is 4.13. The predicted molar refractivity (Wildman–Crippen MR) is 94.1 cm³/mol. The Hall–Kier alpha value is 0.895. The third-order valence-electron chi connectivity index (χ3n) is 1.88. The predicted octanol–water partition coefficient (Wildman–Crippen LogP) is -5.77. The van der Waals surface area contributed by atoms with Gasteiger partial charge >= 0.3 is 51.0 Å². The Kier molecular flexibility index (Phi) is 17.0.